The molecule has 1 aliphatic heterocycles. The second-order valence-electron chi connectivity index (χ2n) is 7.49. The Hall–Kier alpha value is -1.76. The van der Waals surface area contributed by atoms with Crippen LogP contribution in [0.3, 0.4) is 0 Å². The molecular weight excluding hydrogens is 343 g/mol. The molecule has 0 spiro atoms. The summed E-state index contributed by atoms with van der Waals surface area (Å²) in [4.78, 5) is 4.57. The highest BCUT2D eigenvalue weighted by Crippen LogP contribution is 2.30. The predicted octanol–water partition coefficient (Wildman–Crippen LogP) is 3.24. The smallest absolute Gasteiger partial charge is 0.152 e. The van der Waals surface area contributed by atoms with E-state index in [2.05, 4.69) is 21.4 Å². The van der Waals surface area contributed by atoms with Crippen LogP contribution in [0.25, 0.3) is 0 Å². The number of halogens is 1. The first-order valence-corrected chi connectivity index (χ1v) is 9.78. The van der Waals surface area contributed by atoms with Crippen molar-refractivity contribution in [2.45, 2.75) is 45.5 Å². The molecule has 3 rings (SSSR count). The molecule has 27 heavy (non-hydrogen) atoms. The summed E-state index contributed by atoms with van der Waals surface area (Å²) in [6.07, 6.45) is 2.85. The molecule has 1 unspecified atom stereocenters. The van der Waals surface area contributed by atoms with Gasteiger partial charge >= 0.3 is 0 Å². The Kier molecular flexibility index (Phi) is 6.63. The van der Waals surface area contributed by atoms with Gasteiger partial charge in [0.1, 0.15) is 5.82 Å². The Morgan fingerprint density at radius 3 is 2.59 bits per heavy atom. The third-order valence-corrected chi connectivity index (χ3v) is 5.22. The van der Waals surface area contributed by atoms with Gasteiger partial charge in [-0.25, -0.2) is 4.39 Å². The SMILES string of the molecule is CCCn1nc2c(c1C(OC)N(C)C)CN(CCc1ccc(F)cc1)CC2. The van der Waals surface area contributed by atoms with Gasteiger partial charge in [0.25, 0.3) is 0 Å². The average Bonchev–Trinajstić information content (AvgIpc) is 2.99. The van der Waals surface area contributed by atoms with Crippen LogP contribution in [-0.2, 0) is 30.7 Å². The maximum absolute atomic E-state index is 13.1. The van der Waals surface area contributed by atoms with E-state index >= 15 is 0 Å². The molecule has 0 bridgehead atoms. The molecule has 0 radical (unpaired) electrons. The Morgan fingerprint density at radius 2 is 1.96 bits per heavy atom. The lowest BCUT2D eigenvalue weighted by Crippen LogP contribution is -2.33. The van der Waals surface area contributed by atoms with Gasteiger partial charge in [-0.3, -0.25) is 14.5 Å². The summed E-state index contributed by atoms with van der Waals surface area (Å²) in [5.74, 6) is -0.177. The first-order chi connectivity index (χ1) is 13.0. The fourth-order valence-electron chi connectivity index (χ4n) is 3.86. The number of benzene rings is 1. The van der Waals surface area contributed by atoms with Crippen LogP contribution in [0, 0.1) is 5.82 Å². The zero-order chi connectivity index (χ0) is 19.4. The van der Waals surface area contributed by atoms with E-state index in [0.717, 1.165) is 45.4 Å². The zero-order valence-corrected chi connectivity index (χ0v) is 16.9. The summed E-state index contributed by atoms with van der Waals surface area (Å²) < 4.78 is 21.0. The predicted molar refractivity (Wildman–Crippen MR) is 105 cm³/mol. The lowest BCUT2D eigenvalue weighted by molar-refractivity contribution is -0.0130. The molecule has 0 N–H and O–H groups in total. The van der Waals surface area contributed by atoms with Crippen LogP contribution in [-0.4, -0.2) is 53.9 Å². The van der Waals surface area contributed by atoms with Gasteiger partial charge in [-0.15, -0.1) is 0 Å². The summed E-state index contributed by atoms with van der Waals surface area (Å²) >= 11 is 0. The van der Waals surface area contributed by atoms with Gasteiger partial charge in [-0.2, -0.15) is 5.10 Å². The molecule has 148 valence electrons. The van der Waals surface area contributed by atoms with Gasteiger partial charge in [0, 0.05) is 45.3 Å². The number of hydrogen-bond donors (Lipinski definition) is 0. The number of ether oxygens (including phenoxy) is 1. The second-order valence-corrected chi connectivity index (χ2v) is 7.49. The molecular formula is C21H31FN4O. The number of nitrogens with zero attached hydrogens (tertiary/aromatic N) is 4. The van der Waals surface area contributed by atoms with Crippen molar-refractivity contribution in [2.75, 3.05) is 34.3 Å². The molecule has 1 atom stereocenters. The molecule has 2 aromatic rings. The third kappa shape index (κ3) is 4.57. The van der Waals surface area contributed by atoms with E-state index < -0.39 is 0 Å². The number of aryl methyl sites for hydroxylation is 1. The summed E-state index contributed by atoms with van der Waals surface area (Å²) in [5.41, 5.74) is 4.88. The largest absolute Gasteiger partial charge is 0.360 e. The van der Waals surface area contributed by atoms with Gasteiger partial charge in [0.2, 0.25) is 0 Å². The van der Waals surface area contributed by atoms with E-state index in [1.54, 1.807) is 7.11 Å². The molecule has 0 saturated heterocycles. The first kappa shape index (κ1) is 20.0. The van der Waals surface area contributed by atoms with Crippen molar-refractivity contribution in [1.82, 2.24) is 19.6 Å². The zero-order valence-electron chi connectivity index (χ0n) is 16.9. The Bertz CT molecular complexity index is 741. The summed E-state index contributed by atoms with van der Waals surface area (Å²) in [6, 6.07) is 6.83. The minimum atomic E-state index is -0.177. The molecule has 1 aliphatic rings. The summed E-state index contributed by atoms with van der Waals surface area (Å²) in [6.45, 7) is 5.95. The number of fused-ring (bicyclic) bond motifs is 1. The normalized spacial score (nSPS) is 15.9. The molecule has 1 aromatic carbocycles. The van der Waals surface area contributed by atoms with Gasteiger partial charge in [0.15, 0.2) is 6.23 Å². The quantitative estimate of drug-likeness (QED) is 0.664. The van der Waals surface area contributed by atoms with Crippen molar-refractivity contribution < 1.29 is 9.13 Å². The molecule has 0 aliphatic carbocycles. The van der Waals surface area contributed by atoms with E-state index in [0.29, 0.717) is 0 Å². The molecule has 0 fully saturated rings. The Balaban J connectivity index is 1.77. The van der Waals surface area contributed by atoms with Gasteiger partial charge in [-0.05, 0) is 44.6 Å². The maximum atomic E-state index is 13.1. The molecule has 5 nitrogen and oxygen atoms in total. The number of aromatic nitrogens is 2. The van der Waals surface area contributed by atoms with Crippen LogP contribution in [0.5, 0.6) is 0 Å². The van der Waals surface area contributed by atoms with Crippen molar-refractivity contribution in [3.05, 3.63) is 52.6 Å². The van der Waals surface area contributed by atoms with Crippen LogP contribution in [0.2, 0.25) is 0 Å². The summed E-state index contributed by atoms with van der Waals surface area (Å²) in [7, 11) is 5.84. The Labute approximate surface area is 161 Å². The monoisotopic (exact) mass is 374 g/mol. The van der Waals surface area contributed by atoms with Crippen LogP contribution < -0.4 is 0 Å². The number of hydrogen-bond acceptors (Lipinski definition) is 4. The fraction of sp³-hybridized carbons (Fsp3) is 0.571. The molecule has 6 heteroatoms. The number of methoxy groups -OCH3 is 1. The molecule has 1 aromatic heterocycles. The minimum Gasteiger partial charge on any atom is -0.360 e. The van der Waals surface area contributed by atoms with Gasteiger partial charge < -0.3 is 4.74 Å². The van der Waals surface area contributed by atoms with E-state index in [9.17, 15) is 4.39 Å². The van der Waals surface area contributed by atoms with Gasteiger partial charge in [0.05, 0.1) is 11.4 Å². The second kappa shape index (κ2) is 8.95. The van der Waals surface area contributed by atoms with Crippen LogP contribution >= 0.6 is 0 Å². The molecule has 2 heterocycles. The standard InChI is InChI=1S/C21H31FN4O/c1-5-12-26-20(21(27-4)24(2)3)18-15-25(14-11-19(18)23-26)13-10-16-6-8-17(22)9-7-16/h6-9,21H,5,10-15H2,1-4H3. The topological polar surface area (TPSA) is 33.5 Å². The third-order valence-electron chi connectivity index (χ3n) is 5.22. The van der Waals surface area contributed by atoms with Crippen LogP contribution in [0.1, 0.15) is 42.1 Å². The van der Waals surface area contributed by atoms with Gasteiger partial charge in [-0.1, -0.05) is 19.1 Å². The van der Waals surface area contributed by atoms with Crippen LogP contribution in [0.4, 0.5) is 4.39 Å². The highest BCUT2D eigenvalue weighted by atomic mass is 19.1. The molecule has 0 amide bonds. The lowest BCUT2D eigenvalue weighted by Gasteiger charge is -2.29. The van der Waals surface area contributed by atoms with Crippen molar-refractivity contribution in [3.63, 3.8) is 0 Å². The number of rotatable bonds is 8. The highest BCUT2D eigenvalue weighted by molar-refractivity contribution is 5.30. The summed E-state index contributed by atoms with van der Waals surface area (Å²) in [5, 5.41) is 4.90. The van der Waals surface area contributed by atoms with Crippen molar-refractivity contribution in [1.29, 1.82) is 0 Å². The van der Waals surface area contributed by atoms with E-state index in [4.69, 9.17) is 9.84 Å². The van der Waals surface area contributed by atoms with Crippen molar-refractivity contribution in [2.24, 2.45) is 0 Å². The fourth-order valence-corrected chi connectivity index (χ4v) is 3.86. The van der Waals surface area contributed by atoms with Crippen LogP contribution in [0.15, 0.2) is 24.3 Å². The van der Waals surface area contributed by atoms with E-state index in [1.807, 2.05) is 26.2 Å². The Morgan fingerprint density at radius 1 is 1.22 bits per heavy atom. The van der Waals surface area contributed by atoms with Crippen molar-refractivity contribution >= 4 is 0 Å². The lowest BCUT2D eigenvalue weighted by atomic mass is 10.0. The maximum Gasteiger partial charge on any atom is 0.152 e. The average molecular weight is 375 g/mol. The first-order valence-electron chi connectivity index (χ1n) is 9.78. The van der Waals surface area contributed by atoms with E-state index in [-0.39, 0.29) is 12.0 Å². The minimum absolute atomic E-state index is 0.0927. The molecule has 0 saturated carbocycles. The van der Waals surface area contributed by atoms with E-state index in [1.165, 1.54) is 34.6 Å². The van der Waals surface area contributed by atoms with Crippen molar-refractivity contribution in [3.8, 4) is 0 Å². The highest BCUT2D eigenvalue weighted by Gasteiger charge is 2.29.